The molecule has 2 heterocycles. The van der Waals surface area contributed by atoms with Crippen LogP contribution in [0.1, 0.15) is 43.3 Å². The maximum atomic E-state index is 12.5. The van der Waals surface area contributed by atoms with Crippen LogP contribution in [0.3, 0.4) is 0 Å². The number of carbonyl (C=O) groups excluding carboxylic acids is 1. The summed E-state index contributed by atoms with van der Waals surface area (Å²) in [5, 5.41) is 9.83. The van der Waals surface area contributed by atoms with Gasteiger partial charge in [0.1, 0.15) is 17.4 Å². The van der Waals surface area contributed by atoms with Crippen molar-refractivity contribution in [3.05, 3.63) is 47.4 Å². The minimum absolute atomic E-state index is 0.139. The molecule has 0 saturated carbocycles. The van der Waals surface area contributed by atoms with E-state index in [4.69, 9.17) is 4.98 Å². The number of aryl methyl sites for hydroxylation is 2. The number of aromatic hydroxyl groups is 1. The number of hydrogen-bond acceptors (Lipinski definition) is 5. The van der Waals surface area contributed by atoms with Gasteiger partial charge in [0.15, 0.2) is 0 Å². The van der Waals surface area contributed by atoms with Gasteiger partial charge in [-0.3, -0.25) is 4.79 Å². The number of carbonyl (C=O) groups is 1. The summed E-state index contributed by atoms with van der Waals surface area (Å²) in [6, 6.07) is 9.21. The van der Waals surface area contributed by atoms with E-state index in [9.17, 15) is 9.90 Å². The summed E-state index contributed by atoms with van der Waals surface area (Å²) in [4.78, 5) is 25.9. The Morgan fingerprint density at radius 1 is 1.15 bits per heavy atom. The second kappa shape index (κ2) is 8.37. The van der Waals surface area contributed by atoms with Gasteiger partial charge >= 0.3 is 0 Å². The lowest BCUT2D eigenvalue weighted by atomic mass is 10.1. The van der Waals surface area contributed by atoms with Gasteiger partial charge in [0, 0.05) is 50.3 Å². The predicted molar refractivity (Wildman–Crippen MR) is 106 cm³/mol. The third kappa shape index (κ3) is 4.76. The maximum absolute atomic E-state index is 12.5. The molecule has 1 aliphatic rings. The molecular weight excluding hydrogens is 340 g/mol. The lowest BCUT2D eigenvalue weighted by Gasteiger charge is -2.35. The molecule has 1 N–H and O–H groups in total. The fourth-order valence-electron chi connectivity index (χ4n) is 3.30. The Labute approximate surface area is 160 Å². The zero-order chi connectivity index (χ0) is 19.4. The number of benzene rings is 1. The first-order valence-corrected chi connectivity index (χ1v) is 9.59. The van der Waals surface area contributed by atoms with Crippen LogP contribution in [0, 0.1) is 6.92 Å². The number of anilines is 1. The minimum Gasteiger partial charge on any atom is -0.508 e. The van der Waals surface area contributed by atoms with Crippen LogP contribution in [0.5, 0.6) is 5.75 Å². The molecule has 0 unspecified atom stereocenters. The standard InChI is InChI=1S/C21H28N4O2/c1-15(2)21-22-16(3)14-19(23-21)24-10-12-25(13-11-24)20(27)9-8-17-6-4-5-7-18(17)26/h4-7,14-15,26H,8-13H2,1-3H3. The van der Waals surface area contributed by atoms with Crippen LogP contribution in [-0.4, -0.2) is 52.1 Å². The third-order valence-electron chi connectivity index (χ3n) is 4.93. The van der Waals surface area contributed by atoms with E-state index in [0.29, 0.717) is 31.8 Å². The molecule has 1 aromatic heterocycles. The molecule has 0 atom stereocenters. The minimum atomic E-state index is 0.139. The van der Waals surface area contributed by atoms with Crippen molar-refractivity contribution in [2.24, 2.45) is 0 Å². The number of piperazine rings is 1. The topological polar surface area (TPSA) is 69.6 Å². The molecule has 1 amide bonds. The Kier molecular flexibility index (Phi) is 5.94. The van der Waals surface area contributed by atoms with Gasteiger partial charge in [-0.2, -0.15) is 0 Å². The van der Waals surface area contributed by atoms with Crippen LogP contribution in [0.2, 0.25) is 0 Å². The lowest BCUT2D eigenvalue weighted by Crippen LogP contribution is -2.49. The van der Waals surface area contributed by atoms with Crippen molar-refractivity contribution in [1.82, 2.24) is 14.9 Å². The molecule has 6 nitrogen and oxygen atoms in total. The Hall–Kier alpha value is -2.63. The molecule has 0 bridgehead atoms. The number of rotatable bonds is 5. The van der Waals surface area contributed by atoms with Gasteiger partial charge in [-0.05, 0) is 25.0 Å². The zero-order valence-electron chi connectivity index (χ0n) is 16.4. The molecule has 0 radical (unpaired) electrons. The number of amides is 1. The molecule has 1 fully saturated rings. The maximum Gasteiger partial charge on any atom is 0.223 e. The van der Waals surface area contributed by atoms with Gasteiger partial charge in [-0.25, -0.2) is 9.97 Å². The number of para-hydroxylation sites is 1. The van der Waals surface area contributed by atoms with Crippen molar-refractivity contribution in [1.29, 1.82) is 0 Å². The van der Waals surface area contributed by atoms with E-state index in [2.05, 4.69) is 23.7 Å². The number of phenolic OH excluding ortho intramolecular Hbond substituents is 1. The normalized spacial score (nSPS) is 14.7. The summed E-state index contributed by atoms with van der Waals surface area (Å²) < 4.78 is 0. The van der Waals surface area contributed by atoms with Crippen LogP contribution in [-0.2, 0) is 11.2 Å². The van der Waals surface area contributed by atoms with E-state index >= 15 is 0 Å². The summed E-state index contributed by atoms with van der Waals surface area (Å²) in [6.07, 6.45) is 0.982. The average molecular weight is 368 g/mol. The van der Waals surface area contributed by atoms with Gasteiger partial charge in [-0.1, -0.05) is 32.0 Å². The first-order chi connectivity index (χ1) is 12.9. The Balaban J connectivity index is 1.55. The van der Waals surface area contributed by atoms with Crippen molar-refractivity contribution < 1.29 is 9.90 Å². The highest BCUT2D eigenvalue weighted by Crippen LogP contribution is 2.20. The SMILES string of the molecule is Cc1cc(N2CCN(C(=O)CCc3ccccc3O)CC2)nc(C(C)C)n1. The van der Waals surface area contributed by atoms with Crippen molar-refractivity contribution in [3.63, 3.8) is 0 Å². The van der Waals surface area contributed by atoms with Crippen LogP contribution in [0.4, 0.5) is 5.82 Å². The highest BCUT2D eigenvalue weighted by Gasteiger charge is 2.22. The largest absolute Gasteiger partial charge is 0.508 e. The van der Waals surface area contributed by atoms with Gasteiger partial charge < -0.3 is 14.9 Å². The van der Waals surface area contributed by atoms with E-state index in [1.54, 1.807) is 12.1 Å². The fourth-order valence-corrected chi connectivity index (χ4v) is 3.30. The van der Waals surface area contributed by atoms with E-state index in [0.717, 1.165) is 36.0 Å². The first kappa shape index (κ1) is 19.1. The first-order valence-electron chi connectivity index (χ1n) is 9.59. The molecule has 6 heteroatoms. The molecule has 1 saturated heterocycles. The van der Waals surface area contributed by atoms with Crippen molar-refractivity contribution in [2.45, 2.75) is 39.5 Å². The van der Waals surface area contributed by atoms with Crippen LogP contribution < -0.4 is 4.90 Å². The monoisotopic (exact) mass is 368 g/mol. The molecule has 27 heavy (non-hydrogen) atoms. The van der Waals surface area contributed by atoms with Crippen LogP contribution in [0.25, 0.3) is 0 Å². The quantitative estimate of drug-likeness (QED) is 0.879. The summed E-state index contributed by atoms with van der Waals surface area (Å²) in [5.41, 5.74) is 1.80. The fraction of sp³-hybridized carbons (Fsp3) is 0.476. The van der Waals surface area contributed by atoms with Crippen molar-refractivity contribution >= 4 is 11.7 Å². The summed E-state index contributed by atoms with van der Waals surface area (Å²) in [6.45, 7) is 9.13. The molecular formula is C21H28N4O2. The predicted octanol–water partition coefficient (Wildman–Crippen LogP) is 2.90. The smallest absolute Gasteiger partial charge is 0.223 e. The molecule has 0 spiro atoms. The van der Waals surface area contributed by atoms with E-state index in [-0.39, 0.29) is 11.7 Å². The Morgan fingerprint density at radius 2 is 1.85 bits per heavy atom. The molecule has 1 aliphatic heterocycles. The molecule has 0 aliphatic carbocycles. The van der Waals surface area contributed by atoms with Crippen molar-refractivity contribution in [3.8, 4) is 5.75 Å². The van der Waals surface area contributed by atoms with Gasteiger partial charge in [0.2, 0.25) is 5.91 Å². The van der Waals surface area contributed by atoms with Crippen molar-refractivity contribution in [2.75, 3.05) is 31.1 Å². The van der Waals surface area contributed by atoms with Gasteiger partial charge in [0.05, 0.1) is 0 Å². The number of aromatic nitrogens is 2. The molecule has 1 aromatic carbocycles. The second-order valence-electron chi connectivity index (χ2n) is 7.38. The molecule has 144 valence electrons. The van der Waals surface area contributed by atoms with E-state index in [1.165, 1.54) is 0 Å². The van der Waals surface area contributed by atoms with Crippen LogP contribution in [0.15, 0.2) is 30.3 Å². The number of hydrogen-bond donors (Lipinski definition) is 1. The van der Waals surface area contributed by atoms with Gasteiger partial charge in [0.25, 0.3) is 0 Å². The lowest BCUT2D eigenvalue weighted by molar-refractivity contribution is -0.131. The van der Waals surface area contributed by atoms with Crippen LogP contribution >= 0.6 is 0 Å². The Bertz CT molecular complexity index is 799. The van der Waals surface area contributed by atoms with Gasteiger partial charge in [-0.15, -0.1) is 0 Å². The van der Waals surface area contributed by atoms with E-state index < -0.39 is 0 Å². The molecule has 2 aromatic rings. The summed E-state index contributed by atoms with van der Waals surface area (Å²) >= 11 is 0. The second-order valence-corrected chi connectivity index (χ2v) is 7.38. The van der Waals surface area contributed by atoms with E-state index in [1.807, 2.05) is 30.0 Å². The summed E-state index contributed by atoms with van der Waals surface area (Å²) in [5.74, 6) is 2.51. The molecule has 3 rings (SSSR count). The number of nitrogens with zero attached hydrogens (tertiary/aromatic N) is 4. The zero-order valence-corrected chi connectivity index (χ0v) is 16.4. The third-order valence-corrected chi connectivity index (χ3v) is 4.93. The highest BCUT2D eigenvalue weighted by molar-refractivity contribution is 5.77. The summed E-state index contributed by atoms with van der Waals surface area (Å²) in [7, 11) is 0. The number of phenols is 1. The highest BCUT2D eigenvalue weighted by atomic mass is 16.3. The average Bonchev–Trinajstić information content (AvgIpc) is 2.66. The Morgan fingerprint density at radius 3 is 2.52 bits per heavy atom.